The average Bonchev–Trinajstić information content (AvgIpc) is 2.38. The molecule has 3 heteroatoms. The van der Waals surface area contributed by atoms with E-state index in [1.165, 1.54) is 5.56 Å². The minimum absolute atomic E-state index is 0.234. The SMILES string of the molecule is COC1CNCCN1CCc1ccccc1. The Bertz CT molecular complexity index is 302. The molecular formula is C13H20N2O. The van der Waals surface area contributed by atoms with Crippen LogP contribution in [0.25, 0.3) is 0 Å². The Labute approximate surface area is 97.4 Å². The van der Waals surface area contributed by atoms with Gasteiger partial charge in [0, 0.05) is 33.3 Å². The number of ether oxygens (including phenoxy) is 1. The molecule has 0 spiro atoms. The van der Waals surface area contributed by atoms with Crippen molar-refractivity contribution in [1.29, 1.82) is 0 Å². The van der Waals surface area contributed by atoms with E-state index in [4.69, 9.17) is 4.74 Å². The number of methoxy groups -OCH3 is 1. The Kier molecular flexibility index (Phi) is 4.34. The van der Waals surface area contributed by atoms with Crippen molar-refractivity contribution in [3.8, 4) is 0 Å². The highest BCUT2D eigenvalue weighted by molar-refractivity contribution is 5.14. The molecule has 1 unspecified atom stereocenters. The van der Waals surface area contributed by atoms with Crippen molar-refractivity contribution in [2.75, 3.05) is 33.3 Å². The monoisotopic (exact) mass is 220 g/mol. The van der Waals surface area contributed by atoms with Gasteiger partial charge in [-0.1, -0.05) is 30.3 Å². The molecule has 1 aliphatic heterocycles. The topological polar surface area (TPSA) is 24.5 Å². The van der Waals surface area contributed by atoms with E-state index >= 15 is 0 Å². The van der Waals surface area contributed by atoms with Crippen LogP contribution < -0.4 is 5.32 Å². The van der Waals surface area contributed by atoms with Gasteiger partial charge in [-0.05, 0) is 12.0 Å². The molecule has 1 aromatic carbocycles. The largest absolute Gasteiger partial charge is 0.365 e. The Balaban J connectivity index is 1.84. The smallest absolute Gasteiger partial charge is 0.122 e. The molecule has 88 valence electrons. The number of piperazine rings is 1. The van der Waals surface area contributed by atoms with Gasteiger partial charge in [0.05, 0.1) is 0 Å². The summed E-state index contributed by atoms with van der Waals surface area (Å²) in [5.41, 5.74) is 1.40. The van der Waals surface area contributed by atoms with E-state index < -0.39 is 0 Å². The zero-order valence-electron chi connectivity index (χ0n) is 9.86. The number of nitrogens with one attached hydrogen (secondary N) is 1. The van der Waals surface area contributed by atoms with Crippen LogP contribution in [0.4, 0.5) is 0 Å². The zero-order valence-corrected chi connectivity index (χ0v) is 9.86. The molecule has 16 heavy (non-hydrogen) atoms. The maximum absolute atomic E-state index is 5.46. The molecule has 0 saturated carbocycles. The standard InChI is InChI=1S/C13H20N2O/c1-16-13-11-14-8-10-15(13)9-7-12-5-3-2-4-6-12/h2-6,13-14H,7-11H2,1H3. The summed E-state index contributed by atoms with van der Waals surface area (Å²) in [7, 11) is 1.78. The highest BCUT2D eigenvalue weighted by Gasteiger charge is 2.20. The van der Waals surface area contributed by atoms with Crippen LogP contribution in [0.3, 0.4) is 0 Å². The minimum atomic E-state index is 0.234. The van der Waals surface area contributed by atoms with Crippen molar-refractivity contribution in [1.82, 2.24) is 10.2 Å². The summed E-state index contributed by atoms with van der Waals surface area (Å²) in [5, 5.41) is 3.35. The van der Waals surface area contributed by atoms with Gasteiger partial charge >= 0.3 is 0 Å². The molecule has 1 heterocycles. The second kappa shape index (κ2) is 5.99. The number of nitrogens with zero attached hydrogens (tertiary/aromatic N) is 1. The van der Waals surface area contributed by atoms with Gasteiger partial charge in [0.2, 0.25) is 0 Å². The molecule has 0 aromatic heterocycles. The summed E-state index contributed by atoms with van der Waals surface area (Å²) < 4.78 is 5.46. The van der Waals surface area contributed by atoms with Crippen LogP contribution in [0.2, 0.25) is 0 Å². The molecule has 0 amide bonds. The van der Waals surface area contributed by atoms with Crippen LogP contribution in [0.15, 0.2) is 30.3 Å². The Morgan fingerprint density at radius 2 is 2.19 bits per heavy atom. The molecule has 0 aliphatic carbocycles. The lowest BCUT2D eigenvalue weighted by molar-refractivity contribution is -0.0445. The number of hydrogen-bond donors (Lipinski definition) is 1. The first-order valence-corrected chi connectivity index (χ1v) is 5.91. The molecule has 1 aliphatic rings. The van der Waals surface area contributed by atoms with E-state index in [0.29, 0.717) is 0 Å². The van der Waals surface area contributed by atoms with Crippen molar-refractivity contribution in [2.24, 2.45) is 0 Å². The van der Waals surface area contributed by atoms with Gasteiger partial charge in [0.15, 0.2) is 0 Å². The molecule has 2 rings (SSSR count). The molecular weight excluding hydrogens is 200 g/mol. The third-order valence-electron chi connectivity index (χ3n) is 3.10. The fourth-order valence-electron chi connectivity index (χ4n) is 2.13. The predicted octanol–water partition coefficient (Wildman–Crippen LogP) is 1.11. The van der Waals surface area contributed by atoms with E-state index in [2.05, 4.69) is 40.5 Å². The van der Waals surface area contributed by atoms with Crippen molar-refractivity contribution in [3.05, 3.63) is 35.9 Å². The summed E-state index contributed by atoms with van der Waals surface area (Å²) in [6.45, 7) is 4.15. The molecule has 0 bridgehead atoms. The fraction of sp³-hybridized carbons (Fsp3) is 0.538. The van der Waals surface area contributed by atoms with Gasteiger partial charge in [-0.2, -0.15) is 0 Å². The molecule has 1 aromatic rings. The van der Waals surface area contributed by atoms with Crippen LogP contribution in [-0.4, -0.2) is 44.4 Å². The summed E-state index contributed by atoms with van der Waals surface area (Å²) >= 11 is 0. The number of rotatable bonds is 4. The highest BCUT2D eigenvalue weighted by Crippen LogP contribution is 2.07. The van der Waals surface area contributed by atoms with Crippen LogP contribution in [0, 0.1) is 0 Å². The Morgan fingerprint density at radius 3 is 2.94 bits per heavy atom. The maximum atomic E-state index is 5.46. The van der Waals surface area contributed by atoms with Gasteiger partial charge in [-0.25, -0.2) is 0 Å². The Morgan fingerprint density at radius 1 is 1.38 bits per heavy atom. The zero-order chi connectivity index (χ0) is 11.2. The van der Waals surface area contributed by atoms with Crippen molar-refractivity contribution in [3.63, 3.8) is 0 Å². The lowest BCUT2D eigenvalue weighted by atomic mass is 10.1. The third kappa shape index (κ3) is 3.04. The third-order valence-corrected chi connectivity index (χ3v) is 3.10. The predicted molar refractivity (Wildman–Crippen MR) is 65.4 cm³/mol. The lowest BCUT2D eigenvalue weighted by Crippen LogP contribution is -2.52. The average molecular weight is 220 g/mol. The second-order valence-corrected chi connectivity index (χ2v) is 4.17. The van der Waals surface area contributed by atoms with Crippen molar-refractivity contribution < 1.29 is 4.74 Å². The van der Waals surface area contributed by atoms with E-state index in [9.17, 15) is 0 Å². The van der Waals surface area contributed by atoms with Crippen molar-refractivity contribution >= 4 is 0 Å². The first-order chi connectivity index (χ1) is 7.90. The summed E-state index contributed by atoms with van der Waals surface area (Å²) in [5.74, 6) is 0. The second-order valence-electron chi connectivity index (χ2n) is 4.17. The molecule has 1 atom stereocenters. The first kappa shape index (κ1) is 11.6. The molecule has 0 radical (unpaired) electrons. The molecule has 1 saturated heterocycles. The molecule has 3 nitrogen and oxygen atoms in total. The van der Waals surface area contributed by atoms with Gasteiger partial charge in [0.25, 0.3) is 0 Å². The van der Waals surface area contributed by atoms with Crippen LogP contribution in [0.5, 0.6) is 0 Å². The summed E-state index contributed by atoms with van der Waals surface area (Å²) in [4.78, 5) is 2.41. The van der Waals surface area contributed by atoms with E-state index in [0.717, 1.165) is 32.6 Å². The normalized spacial score (nSPS) is 22.2. The quantitative estimate of drug-likeness (QED) is 0.822. The van der Waals surface area contributed by atoms with E-state index in [1.54, 1.807) is 7.11 Å². The number of hydrogen-bond acceptors (Lipinski definition) is 3. The molecule has 1 fully saturated rings. The number of benzene rings is 1. The lowest BCUT2D eigenvalue weighted by Gasteiger charge is -2.34. The maximum Gasteiger partial charge on any atom is 0.122 e. The van der Waals surface area contributed by atoms with Crippen LogP contribution in [0.1, 0.15) is 5.56 Å². The summed E-state index contributed by atoms with van der Waals surface area (Å²) in [6.07, 6.45) is 1.33. The molecule has 1 N–H and O–H groups in total. The van der Waals surface area contributed by atoms with Gasteiger partial charge < -0.3 is 10.1 Å². The Hall–Kier alpha value is -0.900. The minimum Gasteiger partial charge on any atom is -0.365 e. The van der Waals surface area contributed by atoms with Gasteiger partial charge in [0.1, 0.15) is 6.23 Å². The van der Waals surface area contributed by atoms with E-state index in [-0.39, 0.29) is 6.23 Å². The first-order valence-electron chi connectivity index (χ1n) is 5.91. The van der Waals surface area contributed by atoms with Crippen LogP contribution in [-0.2, 0) is 11.2 Å². The van der Waals surface area contributed by atoms with Crippen molar-refractivity contribution in [2.45, 2.75) is 12.6 Å². The highest BCUT2D eigenvalue weighted by atomic mass is 16.5. The van der Waals surface area contributed by atoms with Crippen LogP contribution >= 0.6 is 0 Å². The van der Waals surface area contributed by atoms with Gasteiger partial charge in [-0.3, -0.25) is 4.90 Å². The summed E-state index contributed by atoms with van der Waals surface area (Å²) in [6, 6.07) is 10.6. The van der Waals surface area contributed by atoms with E-state index in [1.807, 2.05) is 0 Å². The van der Waals surface area contributed by atoms with Gasteiger partial charge in [-0.15, -0.1) is 0 Å². The fourth-order valence-corrected chi connectivity index (χ4v) is 2.13.